The van der Waals surface area contributed by atoms with Crippen LogP contribution in [-0.2, 0) is 6.54 Å². The molecule has 1 aliphatic heterocycles. The lowest BCUT2D eigenvalue weighted by Gasteiger charge is -2.38. The lowest BCUT2D eigenvalue weighted by molar-refractivity contribution is -0.184. The maximum absolute atomic E-state index is 13.2. The van der Waals surface area contributed by atoms with E-state index in [2.05, 4.69) is 10.3 Å². The molecule has 1 saturated heterocycles. The highest BCUT2D eigenvalue weighted by Crippen LogP contribution is 2.32. The van der Waals surface area contributed by atoms with Crippen molar-refractivity contribution >= 4 is 5.91 Å². The van der Waals surface area contributed by atoms with E-state index in [-0.39, 0.29) is 25.1 Å². The first-order valence-corrected chi connectivity index (χ1v) is 7.92. The Morgan fingerprint density at radius 1 is 1.24 bits per heavy atom. The van der Waals surface area contributed by atoms with E-state index in [1.165, 1.54) is 10.9 Å². The van der Waals surface area contributed by atoms with Gasteiger partial charge in [-0.25, -0.2) is 4.68 Å². The molecule has 0 radical (unpaired) electrons. The maximum Gasteiger partial charge on any atom is 0.408 e. The lowest BCUT2D eigenvalue weighted by Crippen LogP contribution is -2.56. The number of hydrogen-bond donors (Lipinski definition) is 1. The Bertz CT molecular complexity index is 731. The van der Waals surface area contributed by atoms with Gasteiger partial charge in [0, 0.05) is 12.6 Å². The summed E-state index contributed by atoms with van der Waals surface area (Å²) in [5.74, 6) is -0.795. The molecule has 134 valence electrons. The quantitative estimate of drug-likeness (QED) is 0.913. The highest BCUT2D eigenvalue weighted by atomic mass is 19.4. The minimum absolute atomic E-state index is 0.112. The molecule has 6 nitrogen and oxygen atoms in total. The summed E-state index contributed by atoms with van der Waals surface area (Å²) < 4.78 is 41.1. The summed E-state index contributed by atoms with van der Waals surface area (Å²) in [6.45, 7) is 0.234. The molecule has 2 atom stereocenters. The van der Waals surface area contributed by atoms with E-state index in [4.69, 9.17) is 5.73 Å². The van der Waals surface area contributed by atoms with Gasteiger partial charge in [-0.1, -0.05) is 35.5 Å². The fourth-order valence-corrected chi connectivity index (χ4v) is 2.96. The van der Waals surface area contributed by atoms with Crippen LogP contribution in [0.25, 0.3) is 0 Å². The third-order valence-corrected chi connectivity index (χ3v) is 4.20. The van der Waals surface area contributed by atoms with Crippen LogP contribution >= 0.6 is 0 Å². The van der Waals surface area contributed by atoms with Gasteiger partial charge in [-0.2, -0.15) is 13.2 Å². The van der Waals surface area contributed by atoms with E-state index < -0.39 is 24.2 Å². The van der Waals surface area contributed by atoms with E-state index >= 15 is 0 Å². The fraction of sp³-hybridized carbons (Fsp3) is 0.438. The minimum Gasteiger partial charge on any atom is -0.326 e. The molecule has 25 heavy (non-hydrogen) atoms. The SMILES string of the molecule is NC1CCC(C(F)(F)F)N(C(=O)c2cn(Cc3ccccc3)nn2)C1. The second-order valence-electron chi connectivity index (χ2n) is 6.14. The molecule has 2 aromatic rings. The molecule has 1 fully saturated rings. The number of likely N-dealkylation sites (tertiary alicyclic amines) is 1. The second-order valence-corrected chi connectivity index (χ2v) is 6.14. The van der Waals surface area contributed by atoms with Gasteiger partial charge in [0.05, 0.1) is 12.7 Å². The number of halogens is 3. The smallest absolute Gasteiger partial charge is 0.326 e. The summed E-state index contributed by atoms with van der Waals surface area (Å²) in [6, 6.07) is 7.05. The summed E-state index contributed by atoms with van der Waals surface area (Å²) in [5.41, 5.74) is 6.58. The lowest BCUT2D eigenvalue weighted by atomic mass is 9.98. The number of rotatable bonds is 3. The first-order valence-electron chi connectivity index (χ1n) is 7.92. The number of aromatic nitrogens is 3. The Hall–Kier alpha value is -2.42. The van der Waals surface area contributed by atoms with Crippen molar-refractivity contribution in [2.24, 2.45) is 5.73 Å². The van der Waals surface area contributed by atoms with Crippen molar-refractivity contribution in [1.82, 2.24) is 19.9 Å². The maximum atomic E-state index is 13.2. The van der Waals surface area contributed by atoms with Crippen LogP contribution in [0.4, 0.5) is 13.2 Å². The number of nitrogens with zero attached hydrogens (tertiary/aromatic N) is 4. The molecule has 1 aromatic heterocycles. The van der Waals surface area contributed by atoms with Gasteiger partial charge in [0.25, 0.3) is 5.91 Å². The predicted octanol–water partition coefficient (Wildman–Crippen LogP) is 1.82. The Labute approximate surface area is 142 Å². The van der Waals surface area contributed by atoms with Crippen molar-refractivity contribution in [1.29, 1.82) is 0 Å². The summed E-state index contributed by atoms with van der Waals surface area (Å²) in [4.78, 5) is 13.3. The number of carbonyl (C=O) groups excluding carboxylic acids is 1. The normalized spacial score (nSPS) is 21.4. The van der Waals surface area contributed by atoms with E-state index in [1.54, 1.807) is 0 Å². The molecule has 1 aliphatic rings. The van der Waals surface area contributed by atoms with Crippen LogP contribution < -0.4 is 5.73 Å². The third-order valence-electron chi connectivity index (χ3n) is 4.20. The van der Waals surface area contributed by atoms with Gasteiger partial charge in [-0.3, -0.25) is 4.79 Å². The Kier molecular flexibility index (Phi) is 4.76. The third kappa shape index (κ3) is 3.98. The minimum atomic E-state index is -4.49. The molecule has 1 aromatic carbocycles. The van der Waals surface area contributed by atoms with Crippen LogP contribution in [0.2, 0.25) is 0 Å². The molecular weight excluding hydrogens is 335 g/mol. The zero-order valence-electron chi connectivity index (χ0n) is 13.4. The van der Waals surface area contributed by atoms with Crippen molar-refractivity contribution in [3.05, 3.63) is 47.8 Å². The van der Waals surface area contributed by atoms with Gasteiger partial charge in [0.2, 0.25) is 0 Å². The van der Waals surface area contributed by atoms with E-state index in [9.17, 15) is 18.0 Å². The summed E-state index contributed by atoms with van der Waals surface area (Å²) in [6.07, 6.45) is -3.10. The Balaban J connectivity index is 1.77. The molecule has 0 bridgehead atoms. The van der Waals surface area contributed by atoms with Crippen LogP contribution in [0.15, 0.2) is 36.5 Å². The van der Waals surface area contributed by atoms with Gasteiger partial charge in [0.1, 0.15) is 6.04 Å². The van der Waals surface area contributed by atoms with Crippen LogP contribution in [0.1, 0.15) is 28.9 Å². The number of carbonyl (C=O) groups is 1. The fourth-order valence-electron chi connectivity index (χ4n) is 2.96. The van der Waals surface area contributed by atoms with Crippen molar-refractivity contribution in [3.63, 3.8) is 0 Å². The monoisotopic (exact) mass is 353 g/mol. The largest absolute Gasteiger partial charge is 0.408 e. The summed E-state index contributed by atoms with van der Waals surface area (Å²) in [5, 5.41) is 7.58. The van der Waals surface area contributed by atoms with Crippen molar-refractivity contribution < 1.29 is 18.0 Å². The van der Waals surface area contributed by atoms with Gasteiger partial charge < -0.3 is 10.6 Å². The zero-order chi connectivity index (χ0) is 18.0. The van der Waals surface area contributed by atoms with Crippen LogP contribution in [0.3, 0.4) is 0 Å². The number of alkyl halides is 3. The van der Waals surface area contributed by atoms with Crippen LogP contribution in [0, 0.1) is 0 Å². The first-order chi connectivity index (χ1) is 11.8. The highest BCUT2D eigenvalue weighted by molar-refractivity contribution is 5.92. The average Bonchev–Trinajstić information content (AvgIpc) is 3.02. The van der Waals surface area contributed by atoms with Gasteiger partial charge >= 0.3 is 6.18 Å². The Morgan fingerprint density at radius 2 is 1.96 bits per heavy atom. The highest BCUT2D eigenvalue weighted by Gasteiger charge is 2.48. The molecule has 0 spiro atoms. The van der Waals surface area contributed by atoms with Crippen LogP contribution in [-0.4, -0.2) is 50.6 Å². The topological polar surface area (TPSA) is 77.0 Å². The molecule has 2 unspecified atom stereocenters. The van der Waals surface area contributed by atoms with Crippen molar-refractivity contribution in [3.8, 4) is 0 Å². The van der Waals surface area contributed by atoms with Gasteiger partial charge in [0.15, 0.2) is 5.69 Å². The number of piperidine rings is 1. The van der Waals surface area contributed by atoms with Gasteiger partial charge in [-0.05, 0) is 18.4 Å². The molecule has 2 N–H and O–H groups in total. The van der Waals surface area contributed by atoms with E-state index in [0.717, 1.165) is 10.5 Å². The van der Waals surface area contributed by atoms with Crippen molar-refractivity contribution in [2.45, 2.75) is 37.6 Å². The molecule has 0 saturated carbocycles. The summed E-state index contributed by atoms with van der Waals surface area (Å²) in [7, 11) is 0. The molecule has 1 amide bonds. The van der Waals surface area contributed by atoms with Crippen molar-refractivity contribution in [2.75, 3.05) is 6.54 Å². The average molecular weight is 353 g/mol. The molecule has 2 heterocycles. The summed E-state index contributed by atoms with van der Waals surface area (Å²) >= 11 is 0. The number of nitrogens with two attached hydrogens (primary N) is 1. The number of amides is 1. The standard InChI is InChI=1S/C16H18F3N5O/c17-16(18,19)14-7-6-12(20)9-24(14)15(25)13-10-23(22-21-13)8-11-4-2-1-3-5-11/h1-5,10,12,14H,6-9,20H2. The van der Waals surface area contributed by atoms with E-state index in [1.807, 2.05) is 30.3 Å². The van der Waals surface area contributed by atoms with Gasteiger partial charge in [-0.15, -0.1) is 5.10 Å². The number of hydrogen-bond acceptors (Lipinski definition) is 4. The predicted molar refractivity (Wildman–Crippen MR) is 83.7 cm³/mol. The molecule has 0 aliphatic carbocycles. The zero-order valence-corrected chi connectivity index (χ0v) is 13.4. The molecular formula is C16H18F3N5O. The second kappa shape index (κ2) is 6.83. The molecule has 9 heteroatoms. The van der Waals surface area contributed by atoms with E-state index in [0.29, 0.717) is 6.54 Å². The Morgan fingerprint density at radius 3 is 2.64 bits per heavy atom. The van der Waals surface area contributed by atoms with Crippen LogP contribution in [0.5, 0.6) is 0 Å². The first kappa shape index (κ1) is 17.4. The number of benzene rings is 1. The molecule has 3 rings (SSSR count).